The molecule has 7 nitrogen and oxygen atoms in total. The summed E-state index contributed by atoms with van der Waals surface area (Å²) in [6.45, 7) is 3.99. The van der Waals surface area contributed by atoms with Crippen LogP contribution in [0, 0.1) is 0 Å². The van der Waals surface area contributed by atoms with Gasteiger partial charge in [-0.05, 0) is 32.0 Å². The Balaban J connectivity index is 2.08. The van der Waals surface area contributed by atoms with Gasteiger partial charge in [0.25, 0.3) is 5.56 Å². The molecule has 0 saturated heterocycles. The molecule has 7 heteroatoms. The molecule has 2 N–H and O–H groups in total. The minimum absolute atomic E-state index is 0.0332. The van der Waals surface area contributed by atoms with E-state index in [4.69, 9.17) is 9.15 Å². The first kappa shape index (κ1) is 17.4. The fraction of sp³-hybridized carbons (Fsp3) is 0.182. The number of furan rings is 1. The first-order valence-corrected chi connectivity index (χ1v) is 9.35. The first-order chi connectivity index (χ1) is 14.0. The number of pyridine rings is 1. The molecule has 0 saturated carbocycles. The molecule has 5 aromatic rings. The van der Waals surface area contributed by atoms with Crippen LogP contribution in [0.2, 0.25) is 0 Å². The van der Waals surface area contributed by atoms with E-state index in [9.17, 15) is 9.59 Å². The first-order valence-electron chi connectivity index (χ1n) is 9.35. The number of ether oxygens (including phenoxy) is 1. The van der Waals surface area contributed by atoms with E-state index in [1.165, 1.54) is 12.1 Å². The molecule has 0 fully saturated rings. The SMILES string of the molecule is COc1ccccc1-c1c2oc3cc(=O)ccc3c2[nH]c2c1c(=O)[nH]n2C(C)C. The van der Waals surface area contributed by atoms with Gasteiger partial charge in [-0.25, -0.2) is 0 Å². The number of nitrogens with zero attached hydrogens (tertiary/aromatic N) is 1. The molecule has 3 heterocycles. The summed E-state index contributed by atoms with van der Waals surface area (Å²) in [6.07, 6.45) is 0. The summed E-state index contributed by atoms with van der Waals surface area (Å²) in [4.78, 5) is 28.2. The lowest BCUT2D eigenvalue weighted by molar-refractivity contribution is 0.416. The number of H-pyrrole nitrogens is 2. The fourth-order valence-electron chi connectivity index (χ4n) is 3.91. The molecule has 146 valence electrons. The second-order valence-electron chi connectivity index (χ2n) is 7.29. The lowest BCUT2D eigenvalue weighted by atomic mass is 10.0. The quantitative estimate of drug-likeness (QED) is 0.484. The van der Waals surface area contributed by atoms with Crippen LogP contribution in [-0.2, 0) is 0 Å². The predicted octanol–water partition coefficient (Wildman–Crippen LogP) is 4.17. The predicted molar refractivity (Wildman–Crippen MR) is 113 cm³/mol. The van der Waals surface area contributed by atoms with Gasteiger partial charge in [0.15, 0.2) is 11.0 Å². The van der Waals surface area contributed by atoms with Gasteiger partial charge in [0.05, 0.1) is 18.0 Å². The highest BCUT2D eigenvalue weighted by Gasteiger charge is 2.24. The summed E-state index contributed by atoms with van der Waals surface area (Å²) in [5, 5.41) is 4.18. The molecule has 0 spiro atoms. The van der Waals surface area contributed by atoms with Gasteiger partial charge in [-0.15, -0.1) is 0 Å². The number of rotatable bonds is 3. The topological polar surface area (TPSA) is 93.0 Å². The number of hydrogen-bond acceptors (Lipinski definition) is 4. The number of methoxy groups -OCH3 is 1. The molecule has 0 atom stereocenters. The van der Waals surface area contributed by atoms with Gasteiger partial charge in [-0.3, -0.25) is 19.4 Å². The lowest BCUT2D eigenvalue weighted by Gasteiger charge is -2.12. The summed E-state index contributed by atoms with van der Waals surface area (Å²) in [5.41, 5.74) is 3.38. The molecule has 0 aliphatic heterocycles. The fourth-order valence-corrected chi connectivity index (χ4v) is 3.91. The van der Waals surface area contributed by atoms with Crippen LogP contribution in [0.15, 0.2) is 56.5 Å². The van der Waals surface area contributed by atoms with E-state index in [0.717, 1.165) is 16.5 Å². The molecule has 0 bridgehead atoms. The normalized spacial score (nSPS) is 11.9. The van der Waals surface area contributed by atoms with Gasteiger partial charge in [-0.2, -0.15) is 0 Å². The third-order valence-electron chi connectivity index (χ3n) is 5.20. The molecule has 0 aliphatic rings. The van der Waals surface area contributed by atoms with Crippen molar-refractivity contribution in [3.8, 4) is 16.9 Å². The Morgan fingerprint density at radius 1 is 1.10 bits per heavy atom. The Hall–Kier alpha value is -3.74. The van der Waals surface area contributed by atoms with E-state index in [1.54, 1.807) is 17.9 Å². The monoisotopic (exact) mass is 389 g/mol. The Morgan fingerprint density at radius 3 is 2.66 bits per heavy atom. The van der Waals surface area contributed by atoms with Gasteiger partial charge in [0.1, 0.15) is 17.0 Å². The van der Waals surface area contributed by atoms with Gasteiger partial charge < -0.3 is 14.1 Å². The lowest BCUT2D eigenvalue weighted by Crippen LogP contribution is -2.07. The third-order valence-corrected chi connectivity index (χ3v) is 5.20. The highest BCUT2D eigenvalue weighted by Crippen LogP contribution is 2.41. The van der Waals surface area contributed by atoms with Crippen LogP contribution in [0.1, 0.15) is 19.9 Å². The average molecular weight is 389 g/mol. The van der Waals surface area contributed by atoms with E-state index in [0.29, 0.717) is 33.5 Å². The molecular formula is C22H19N3O4. The van der Waals surface area contributed by atoms with E-state index < -0.39 is 0 Å². The number of fused-ring (bicyclic) bond motifs is 4. The largest absolute Gasteiger partial charge is 0.496 e. The zero-order chi connectivity index (χ0) is 20.3. The molecule has 5 rings (SSSR count). The van der Waals surface area contributed by atoms with Gasteiger partial charge in [0, 0.05) is 28.6 Å². The maximum Gasteiger partial charge on any atom is 0.274 e. The number of para-hydroxylation sites is 1. The zero-order valence-corrected chi connectivity index (χ0v) is 16.2. The van der Waals surface area contributed by atoms with Crippen LogP contribution < -0.4 is 15.7 Å². The van der Waals surface area contributed by atoms with Crippen molar-refractivity contribution in [1.29, 1.82) is 0 Å². The average Bonchev–Trinajstić information content (AvgIpc) is 3.23. The molecule has 2 aromatic carbocycles. The number of aromatic amines is 2. The number of nitrogens with one attached hydrogen (secondary N) is 2. The molecule has 0 unspecified atom stereocenters. The highest BCUT2D eigenvalue weighted by molar-refractivity contribution is 6.14. The second kappa shape index (κ2) is 6.13. The van der Waals surface area contributed by atoms with Crippen molar-refractivity contribution >= 4 is 33.1 Å². The third kappa shape index (κ3) is 2.44. The van der Waals surface area contributed by atoms with Crippen molar-refractivity contribution in [2.45, 2.75) is 19.9 Å². The Kier molecular flexibility index (Phi) is 3.67. The van der Waals surface area contributed by atoms with Crippen molar-refractivity contribution in [3.05, 3.63) is 63.0 Å². The van der Waals surface area contributed by atoms with Crippen LogP contribution >= 0.6 is 0 Å². The summed E-state index contributed by atoms with van der Waals surface area (Å²) >= 11 is 0. The molecule has 0 amide bonds. The van der Waals surface area contributed by atoms with E-state index in [1.807, 2.05) is 38.1 Å². The summed E-state index contributed by atoms with van der Waals surface area (Å²) in [6, 6.07) is 12.2. The molecule has 0 aliphatic carbocycles. The molecule has 0 radical (unpaired) electrons. The van der Waals surface area contributed by atoms with Crippen LogP contribution in [0.5, 0.6) is 5.75 Å². The highest BCUT2D eigenvalue weighted by atomic mass is 16.5. The Bertz CT molecular complexity index is 1510. The van der Waals surface area contributed by atoms with Crippen molar-refractivity contribution in [1.82, 2.24) is 14.8 Å². The minimum Gasteiger partial charge on any atom is -0.496 e. The van der Waals surface area contributed by atoms with Crippen LogP contribution in [0.3, 0.4) is 0 Å². The molecule has 3 aromatic heterocycles. The Labute approximate surface area is 164 Å². The van der Waals surface area contributed by atoms with Gasteiger partial charge >= 0.3 is 0 Å². The summed E-state index contributed by atoms with van der Waals surface area (Å²) in [5.74, 6) is 0.628. The molecule has 29 heavy (non-hydrogen) atoms. The van der Waals surface area contributed by atoms with E-state index >= 15 is 0 Å². The second-order valence-corrected chi connectivity index (χ2v) is 7.29. The maximum absolute atomic E-state index is 13.0. The number of hydrogen-bond donors (Lipinski definition) is 2. The van der Waals surface area contributed by atoms with E-state index in [2.05, 4.69) is 10.1 Å². The van der Waals surface area contributed by atoms with Crippen LogP contribution in [0.4, 0.5) is 0 Å². The summed E-state index contributed by atoms with van der Waals surface area (Å²) in [7, 11) is 1.59. The van der Waals surface area contributed by atoms with Crippen molar-refractivity contribution in [2.75, 3.05) is 7.11 Å². The minimum atomic E-state index is -0.224. The van der Waals surface area contributed by atoms with E-state index in [-0.39, 0.29) is 17.0 Å². The number of aromatic nitrogens is 3. The van der Waals surface area contributed by atoms with Crippen LogP contribution in [-0.4, -0.2) is 21.9 Å². The smallest absolute Gasteiger partial charge is 0.274 e. The van der Waals surface area contributed by atoms with Gasteiger partial charge in [-0.1, -0.05) is 18.2 Å². The zero-order valence-electron chi connectivity index (χ0n) is 16.2. The Morgan fingerprint density at radius 2 is 1.90 bits per heavy atom. The molecular weight excluding hydrogens is 370 g/mol. The maximum atomic E-state index is 13.0. The van der Waals surface area contributed by atoms with Crippen molar-refractivity contribution in [2.24, 2.45) is 0 Å². The summed E-state index contributed by atoms with van der Waals surface area (Å²) < 4.78 is 13.5. The van der Waals surface area contributed by atoms with Crippen molar-refractivity contribution < 1.29 is 9.15 Å². The number of benzene rings is 2. The van der Waals surface area contributed by atoms with Gasteiger partial charge in [0.2, 0.25) is 0 Å². The van der Waals surface area contributed by atoms with Crippen LogP contribution in [0.25, 0.3) is 44.2 Å². The standard InChI is InChI=1S/C22H19N3O4/c1-11(2)25-21-18(22(27)24-25)17(13-6-4-5-7-15(13)28-3)20-19(23-21)14-9-8-12(26)10-16(14)29-20/h4-11,23H,1-3H3,(H,24,27). The van der Waals surface area contributed by atoms with Crippen molar-refractivity contribution in [3.63, 3.8) is 0 Å².